The summed E-state index contributed by atoms with van der Waals surface area (Å²) < 4.78 is 6.40. The number of anilines is 2. The van der Waals surface area contributed by atoms with Crippen molar-refractivity contribution in [2.24, 2.45) is 0 Å². The van der Waals surface area contributed by atoms with Crippen LogP contribution in [0, 0.1) is 6.92 Å². The fourth-order valence-electron chi connectivity index (χ4n) is 2.69. The SMILES string of the molecule is COc1cncc(-c2ccc3nc(Nc4cccc(C)c4)sc3c2)c1. The van der Waals surface area contributed by atoms with Gasteiger partial charge in [-0.15, -0.1) is 0 Å². The van der Waals surface area contributed by atoms with E-state index >= 15 is 0 Å². The summed E-state index contributed by atoms with van der Waals surface area (Å²) in [5, 5.41) is 4.28. The Morgan fingerprint density at radius 3 is 2.76 bits per heavy atom. The lowest BCUT2D eigenvalue weighted by molar-refractivity contribution is 0.413. The van der Waals surface area contributed by atoms with Gasteiger partial charge in [-0.1, -0.05) is 29.5 Å². The van der Waals surface area contributed by atoms with Gasteiger partial charge in [0.25, 0.3) is 0 Å². The van der Waals surface area contributed by atoms with Crippen LogP contribution in [0.1, 0.15) is 5.56 Å². The van der Waals surface area contributed by atoms with Crippen LogP contribution in [0.5, 0.6) is 5.75 Å². The highest BCUT2D eigenvalue weighted by Gasteiger charge is 2.07. The highest BCUT2D eigenvalue weighted by atomic mass is 32.1. The van der Waals surface area contributed by atoms with E-state index < -0.39 is 0 Å². The average molecular weight is 347 g/mol. The number of thiazole rings is 1. The molecule has 1 N–H and O–H groups in total. The van der Waals surface area contributed by atoms with Gasteiger partial charge in [-0.05, 0) is 48.4 Å². The average Bonchev–Trinajstić information content (AvgIpc) is 3.03. The lowest BCUT2D eigenvalue weighted by Crippen LogP contribution is -1.88. The topological polar surface area (TPSA) is 47.0 Å². The van der Waals surface area contributed by atoms with Crippen molar-refractivity contribution in [1.29, 1.82) is 0 Å². The van der Waals surface area contributed by atoms with E-state index in [4.69, 9.17) is 4.74 Å². The fraction of sp³-hybridized carbons (Fsp3) is 0.100. The molecule has 2 heterocycles. The van der Waals surface area contributed by atoms with Crippen LogP contribution in [0.25, 0.3) is 21.3 Å². The molecule has 0 atom stereocenters. The molecule has 0 radical (unpaired) electrons. The molecule has 0 amide bonds. The summed E-state index contributed by atoms with van der Waals surface area (Å²) in [6.07, 6.45) is 3.55. The second kappa shape index (κ2) is 6.53. The van der Waals surface area contributed by atoms with Crippen LogP contribution in [-0.2, 0) is 0 Å². The number of fused-ring (bicyclic) bond motifs is 1. The third-order valence-corrected chi connectivity index (χ3v) is 4.87. The summed E-state index contributed by atoms with van der Waals surface area (Å²) in [4.78, 5) is 8.90. The van der Waals surface area contributed by atoms with Gasteiger partial charge in [0, 0.05) is 17.4 Å². The molecule has 2 aromatic carbocycles. The number of methoxy groups -OCH3 is 1. The van der Waals surface area contributed by atoms with Gasteiger partial charge in [0.15, 0.2) is 5.13 Å². The molecule has 4 aromatic rings. The molecular formula is C20H17N3OS. The van der Waals surface area contributed by atoms with Crippen molar-refractivity contribution < 1.29 is 4.74 Å². The summed E-state index contributed by atoms with van der Waals surface area (Å²) >= 11 is 1.64. The molecule has 0 aliphatic heterocycles. The van der Waals surface area contributed by atoms with Crippen molar-refractivity contribution in [3.8, 4) is 16.9 Å². The van der Waals surface area contributed by atoms with Crippen molar-refractivity contribution in [1.82, 2.24) is 9.97 Å². The Labute approximate surface area is 150 Å². The Bertz CT molecular complexity index is 1040. The second-order valence-corrected chi connectivity index (χ2v) is 6.84. The molecule has 4 rings (SSSR count). The number of ether oxygens (including phenoxy) is 1. The molecule has 0 aliphatic rings. The third kappa shape index (κ3) is 3.32. The van der Waals surface area contributed by atoms with Crippen molar-refractivity contribution in [2.45, 2.75) is 6.92 Å². The maximum absolute atomic E-state index is 5.26. The highest BCUT2D eigenvalue weighted by Crippen LogP contribution is 2.32. The van der Waals surface area contributed by atoms with E-state index in [0.717, 1.165) is 37.9 Å². The number of aromatic nitrogens is 2. The number of nitrogens with zero attached hydrogens (tertiary/aromatic N) is 2. The highest BCUT2D eigenvalue weighted by molar-refractivity contribution is 7.22. The van der Waals surface area contributed by atoms with Crippen LogP contribution < -0.4 is 10.1 Å². The van der Waals surface area contributed by atoms with Crippen molar-refractivity contribution in [3.05, 3.63) is 66.5 Å². The van der Waals surface area contributed by atoms with Crippen LogP contribution in [0.4, 0.5) is 10.8 Å². The van der Waals surface area contributed by atoms with E-state index in [1.807, 2.05) is 30.5 Å². The molecule has 0 bridgehead atoms. The van der Waals surface area contributed by atoms with E-state index in [1.54, 1.807) is 24.6 Å². The lowest BCUT2D eigenvalue weighted by Gasteiger charge is -2.03. The van der Waals surface area contributed by atoms with Gasteiger partial charge in [-0.2, -0.15) is 0 Å². The van der Waals surface area contributed by atoms with Gasteiger partial charge in [-0.3, -0.25) is 4.98 Å². The quantitative estimate of drug-likeness (QED) is 0.535. The normalized spacial score (nSPS) is 10.8. The minimum atomic E-state index is 0.753. The molecule has 0 spiro atoms. The molecule has 0 saturated carbocycles. The van der Waals surface area contributed by atoms with Gasteiger partial charge in [0.2, 0.25) is 0 Å². The first kappa shape index (κ1) is 15.6. The summed E-state index contributed by atoms with van der Waals surface area (Å²) in [6.45, 7) is 2.08. The minimum absolute atomic E-state index is 0.753. The standard InChI is InChI=1S/C20H17N3OS/c1-13-4-3-5-16(8-13)22-20-23-18-7-6-14(10-19(18)25-20)15-9-17(24-2)12-21-11-15/h3-12H,1-2H3,(H,22,23). The van der Waals surface area contributed by atoms with Gasteiger partial charge in [0.05, 0.1) is 23.5 Å². The zero-order valence-electron chi connectivity index (χ0n) is 14.0. The monoisotopic (exact) mass is 347 g/mol. The number of hydrogen-bond acceptors (Lipinski definition) is 5. The Hall–Kier alpha value is -2.92. The van der Waals surface area contributed by atoms with Crippen molar-refractivity contribution in [2.75, 3.05) is 12.4 Å². The van der Waals surface area contributed by atoms with E-state index in [1.165, 1.54) is 5.56 Å². The Balaban J connectivity index is 1.67. The Morgan fingerprint density at radius 1 is 1.00 bits per heavy atom. The summed E-state index contributed by atoms with van der Waals surface area (Å²) in [6, 6.07) is 16.5. The van der Waals surface area contributed by atoms with Crippen molar-refractivity contribution >= 4 is 32.4 Å². The largest absolute Gasteiger partial charge is 0.495 e. The third-order valence-electron chi connectivity index (χ3n) is 3.94. The first-order valence-electron chi connectivity index (χ1n) is 7.95. The number of hydrogen-bond donors (Lipinski definition) is 1. The number of nitrogens with one attached hydrogen (secondary N) is 1. The first-order valence-corrected chi connectivity index (χ1v) is 8.76. The molecule has 0 unspecified atom stereocenters. The lowest BCUT2D eigenvalue weighted by atomic mass is 10.1. The molecule has 124 valence electrons. The summed E-state index contributed by atoms with van der Waals surface area (Å²) in [5.74, 6) is 0.753. The molecule has 0 saturated heterocycles. The summed E-state index contributed by atoms with van der Waals surface area (Å²) in [5.41, 5.74) is 5.39. The molecule has 0 fully saturated rings. The van der Waals surface area contributed by atoms with E-state index in [-0.39, 0.29) is 0 Å². The predicted octanol–water partition coefficient (Wildman–Crippen LogP) is 5.42. The molecule has 2 aromatic heterocycles. The van der Waals surface area contributed by atoms with Crippen LogP contribution in [0.2, 0.25) is 0 Å². The second-order valence-electron chi connectivity index (χ2n) is 5.81. The first-order chi connectivity index (χ1) is 12.2. The van der Waals surface area contributed by atoms with Gasteiger partial charge >= 0.3 is 0 Å². The predicted molar refractivity (Wildman–Crippen MR) is 104 cm³/mol. The number of rotatable bonds is 4. The molecule has 4 nitrogen and oxygen atoms in total. The molecular weight excluding hydrogens is 330 g/mol. The van der Waals surface area contributed by atoms with Crippen molar-refractivity contribution in [3.63, 3.8) is 0 Å². The van der Waals surface area contributed by atoms with Gasteiger partial charge in [-0.25, -0.2) is 4.98 Å². The zero-order chi connectivity index (χ0) is 17.2. The minimum Gasteiger partial charge on any atom is -0.495 e. The smallest absolute Gasteiger partial charge is 0.188 e. The maximum atomic E-state index is 5.26. The number of aryl methyl sites for hydroxylation is 1. The maximum Gasteiger partial charge on any atom is 0.188 e. The van der Waals surface area contributed by atoms with Crippen LogP contribution in [0.3, 0.4) is 0 Å². The molecule has 5 heteroatoms. The van der Waals surface area contributed by atoms with E-state index in [0.29, 0.717) is 0 Å². The fourth-order valence-corrected chi connectivity index (χ4v) is 3.62. The van der Waals surface area contributed by atoms with Gasteiger partial charge < -0.3 is 10.1 Å². The molecule has 25 heavy (non-hydrogen) atoms. The van der Waals surface area contributed by atoms with Crippen LogP contribution >= 0.6 is 11.3 Å². The molecule has 0 aliphatic carbocycles. The Kier molecular flexibility index (Phi) is 4.07. The van der Waals surface area contributed by atoms with E-state index in [2.05, 4.69) is 46.5 Å². The Morgan fingerprint density at radius 2 is 1.92 bits per heavy atom. The summed E-state index contributed by atoms with van der Waals surface area (Å²) in [7, 11) is 1.65. The zero-order valence-corrected chi connectivity index (χ0v) is 14.8. The van der Waals surface area contributed by atoms with Crippen LogP contribution in [-0.4, -0.2) is 17.1 Å². The van der Waals surface area contributed by atoms with Crippen LogP contribution in [0.15, 0.2) is 60.9 Å². The van der Waals surface area contributed by atoms with Gasteiger partial charge in [0.1, 0.15) is 5.75 Å². The van der Waals surface area contributed by atoms with E-state index in [9.17, 15) is 0 Å². The number of benzene rings is 2. The number of pyridine rings is 1.